The van der Waals surface area contributed by atoms with Crippen LogP contribution in [0.15, 0.2) is 30.3 Å². The standard InChI is InChI=1S/C10H6ClF3N2O/c11-6-1-3-7(4-2-6)16-9(17)5-8(15-16)10(12,13)14/h1-5,17H. The third-order valence-corrected chi connectivity index (χ3v) is 2.30. The third kappa shape index (κ3) is 2.36. The molecule has 1 heterocycles. The highest BCUT2D eigenvalue weighted by Gasteiger charge is 2.35. The summed E-state index contributed by atoms with van der Waals surface area (Å²) in [4.78, 5) is 0. The minimum Gasteiger partial charge on any atom is -0.493 e. The van der Waals surface area contributed by atoms with Gasteiger partial charge in [0, 0.05) is 11.1 Å². The second-order valence-electron chi connectivity index (χ2n) is 3.27. The van der Waals surface area contributed by atoms with Crippen molar-refractivity contribution in [3.8, 4) is 11.6 Å². The molecule has 0 aliphatic carbocycles. The summed E-state index contributed by atoms with van der Waals surface area (Å²) in [6.45, 7) is 0. The smallest absolute Gasteiger partial charge is 0.435 e. The van der Waals surface area contributed by atoms with Crippen molar-refractivity contribution >= 4 is 11.6 Å². The number of alkyl halides is 3. The van der Waals surface area contributed by atoms with Gasteiger partial charge in [0.05, 0.1) is 5.69 Å². The van der Waals surface area contributed by atoms with E-state index in [2.05, 4.69) is 5.10 Å². The predicted octanol–water partition coefficient (Wildman–Crippen LogP) is 3.25. The number of benzene rings is 1. The monoisotopic (exact) mass is 262 g/mol. The molecule has 0 spiro atoms. The normalized spacial score (nSPS) is 11.8. The molecule has 1 aromatic heterocycles. The molecule has 2 rings (SSSR count). The van der Waals surface area contributed by atoms with Gasteiger partial charge >= 0.3 is 6.18 Å². The Morgan fingerprint density at radius 1 is 1.18 bits per heavy atom. The van der Waals surface area contributed by atoms with Crippen LogP contribution in [0.25, 0.3) is 5.69 Å². The molecule has 0 aliphatic rings. The van der Waals surface area contributed by atoms with E-state index in [0.717, 1.165) is 4.68 Å². The molecule has 90 valence electrons. The molecular formula is C10H6ClF3N2O. The first-order valence-electron chi connectivity index (χ1n) is 4.50. The van der Waals surface area contributed by atoms with Crippen LogP contribution < -0.4 is 0 Å². The molecule has 1 aromatic carbocycles. The van der Waals surface area contributed by atoms with Crippen molar-refractivity contribution in [1.82, 2.24) is 9.78 Å². The zero-order chi connectivity index (χ0) is 12.6. The van der Waals surface area contributed by atoms with Crippen LogP contribution in [-0.2, 0) is 6.18 Å². The zero-order valence-electron chi connectivity index (χ0n) is 8.24. The minimum absolute atomic E-state index is 0.294. The molecule has 0 atom stereocenters. The van der Waals surface area contributed by atoms with E-state index >= 15 is 0 Å². The summed E-state index contributed by atoms with van der Waals surface area (Å²) >= 11 is 5.64. The average molecular weight is 263 g/mol. The van der Waals surface area contributed by atoms with Gasteiger partial charge in [0.25, 0.3) is 0 Å². The summed E-state index contributed by atoms with van der Waals surface area (Å²) in [7, 11) is 0. The van der Waals surface area contributed by atoms with E-state index in [1.807, 2.05) is 0 Å². The van der Waals surface area contributed by atoms with Gasteiger partial charge in [-0.3, -0.25) is 0 Å². The summed E-state index contributed by atoms with van der Waals surface area (Å²) in [5, 5.41) is 13.1. The summed E-state index contributed by atoms with van der Waals surface area (Å²) in [6, 6.07) is 6.45. The SMILES string of the molecule is Oc1cc(C(F)(F)F)nn1-c1ccc(Cl)cc1. The van der Waals surface area contributed by atoms with Crippen LogP contribution in [0.5, 0.6) is 5.88 Å². The van der Waals surface area contributed by atoms with Gasteiger partial charge < -0.3 is 5.11 Å². The maximum Gasteiger partial charge on any atom is 0.435 e. The first-order chi connectivity index (χ1) is 7.88. The Balaban J connectivity index is 2.46. The van der Waals surface area contributed by atoms with Gasteiger partial charge in [0.1, 0.15) is 0 Å². The lowest BCUT2D eigenvalue weighted by molar-refractivity contribution is -0.141. The molecule has 0 aliphatic heterocycles. The Kier molecular flexibility index (Phi) is 2.74. The van der Waals surface area contributed by atoms with Crippen LogP contribution in [0.2, 0.25) is 5.02 Å². The summed E-state index contributed by atoms with van der Waals surface area (Å²) in [5.74, 6) is -0.584. The molecule has 0 radical (unpaired) electrons. The van der Waals surface area contributed by atoms with Crippen molar-refractivity contribution in [1.29, 1.82) is 0 Å². The summed E-state index contributed by atoms with van der Waals surface area (Å²) in [5.41, 5.74) is -0.854. The van der Waals surface area contributed by atoms with Gasteiger partial charge in [0.15, 0.2) is 5.69 Å². The van der Waals surface area contributed by atoms with Crippen LogP contribution >= 0.6 is 11.6 Å². The third-order valence-electron chi connectivity index (χ3n) is 2.05. The second-order valence-corrected chi connectivity index (χ2v) is 3.71. The fraction of sp³-hybridized carbons (Fsp3) is 0.100. The Bertz CT molecular complexity index is 533. The van der Waals surface area contributed by atoms with E-state index < -0.39 is 17.8 Å². The van der Waals surface area contributed by atoms with Crippen LogP contribution in [0.3, 0.4) is 0 Å². The van der Waals surface area contributed by atoms with E-state index in [-0.39, 0.29) is 0 Å². The van der Waals surface area contributed by atoms with Crippen molar-refractivity contribution in [3.63, 3.8) is 0 Å². The Morgan fingerprint density at radius 3 is 2.24 bits per heavy atom. The average Bonchev–Trinajstić information content (AvgIpc) is 2.61. The lowest BCUT2D eigenvalue weighted by Gasteiger charge is -2.03. The number of nitrogens with zero attached hydrogens (tertiary/aromatic N) is 2. The molecule has 0 bridgehead atoms. The van der Waals surface area contributed by atoms with E-state index in [4.69, 9.17) is 11.6 Å². The molecule has 1 N–H and O–H groups in total. The largest absolute Gasteiger partial charge is 0.493 e. The quantitative estimate of drug-likeness (QED) is 0.857. The highest BCUT2D eigenvalue weighted by molar-refractivity contribution is 6.30. The highest BCUT2D eigenvalue weighted by Crippen LogP contribution is 2.31. The fourth-order valence-corrected chi connectivity index (χ4v) is 1.41. The number of aromatic hydroxyl groups is 1. The lowest BCUT2D eigenvalue weighted by atomic mass is 10.3. The molecule has 7 heteroatoms. The minimum atomic E-state index is -4.59. The van der Waals surface area contributed by atoms with Crippen LogP contribution in [0, 0.1) is 0 Å². The molecule has 0 fully saturated rings. The van der Waals surface area contributed by atoms with Gasteiger partial charge in [-0.15, -0.1) is 0 Å². The van der Waals surface area contributed by atoms with Gasteiger partial charge in [-0.05, 0) is 24.3 Å². The van der Waals surface area contributed by atoms with Crippen molar-refractivity contribution in [2.45, 2.75) is 6.18 Å². The van der Waals surface area contributed by atoms with Gasteiger partial charge in [-0.25, -0.2) is 4.68 Å². The number of aromatic nitrogens is 2. The van der Waals surface area contributed by atoms with Crippen molar-refractivity contribution < 1.29 is 18.3 Å². The van der Waals surface area contributed by atoms with Crippen molar-refractivity contribution in [2.75, 3.05) is 0 Å². The van der Waals surface area contributed by atoms with Crippen LogP contribution in [0.4, 0.5) is 13.2 Å². The molecule has 17 heavy (non-hydrogen) atoms. The molecule has 2 aromatic rings. The van der Waals surface area contributed by atoms with Crippen LogP contribution in [-0.4, -0.2) is 14.9 Å². The topological polar surface area (TPSA) is 38.1 Å². The number of rotatable bonds is 1. The number of hydrogen-bond donors (Lipinski definition) is 1. The van der Waals surface area contributed by atoms with Crippen molar-refractivity contribution in [3.05, 3.63) is 41.0 Å². The Morgan fingerprint density at radius 2 is 1.76 bits per heavy atom. The van der Waals surface area contributed by atoms with E-state index in [9.17, 15) is 18.3 Å². The summed E-state index contributed by atoms with van der Waals surface area (Å²) in [6.07, 6.45) is -4.59. The Hall–Kier alpha value is -1.69. The van der Waals surface area contributed by atoms with Crippen molar-refractivity contribution in [2.24, 2.45) is 0 Å². The van der Waals surface area contributed by atoms with E-state index in [1.54, 1.807) is 0 Å². The summed E-state index contributed by atoms with van der Waals surface area (Å²) < 4.78 is 37.8. The van der Waals surface area contributed by atoms with E-state index in [0.29, 0.717) is 16.8 Å². The molecule has 0 amide bonds. The highest BCUT2D eigenvalue weighted by atomic mass is 35.5. The second kappa shape index (κ2) is 3.96. The van der Waals surface area contributed by atoms with Crippen LogP contribution in [0.1, 0.15) is 5.69 Å². The number of halogens is 4. The molecule has 3 nitrogen and oxygen atoms in total. The lowest BCUT2D eigenvalue weighted by Crippen LogP contribution is -2.07. The van der Waals surface area contributed by atoms with E-state index in [1.165, 1.54) is 24.3 Å². The number of hydrogen-bond acceptors (Lipinski definition) is 2. The van der Waals surface area contributed by atoms with Gasteiger partial charge in [-0.2, -0.15) is 18.3 Å². The first kappa shape index (κ1) is 11.8. The Labute approximate surface area is 99.1 Å². The molecule has 0 saturated carbocycles. The first-order valence-corrected chi connectivity index (χ1v) is 4.88. The van der Waals surface area contributed by atoms with Gasteiger partial charge in [0.2, 0.25) is 5.88 Å². The maximum atomic E-state index is 12.4. The maximum absolute atomic E-state index is 12.4. The predicted molar refractivity (Wildman–Crippen MR) is 55.2 cm³/mol. The molecule has 0 unspecified atom stereocenters. The van der Waals surface area contributed by atoms with Gasteiger partial charge in [-0.1, -0.05) is 11.6 Å². The fourth-order valence-electron chi connectivity index (χ4n) is 1.28. The molecular weight excluding hydrogens is 257 g/mol. The molecule has 0 saturated heterocycles. The zero-order valence-corrected chi connectivity index (χ0v) is 9.00.